The highest BCUT2D eigenvalue weighted by Gasteiger charge is 2.57. The molecule has 0 radical (unpaired) electrons. The van der Waals surface area contributed by atoms with E-state index in [1.807, 2.05) is 0 Å². The molecule has 1 saturated heterocycles. The van der Waals surface area contributed by atoms with Crippen LogP contribution in [-0.2, 0) is 20.8 Å². The van der Waals surface area contributed by atoms with Crippen LogP contribution in [0.1, 0.15) is 89.2 Å². The van der Waals surface area contributed by atoms with Gasteiger partial charge < -0.3 is 24.7 Å². The van der Waals surface area contributed by atoms with Gasteiger partial charge in [-0.05, 0) is 72.8 Å². The molecule has 6 rings (SSSR count). The van der Waals surface area contributed by atoms with Crippen LogP contribution in [0.5, 0.6) is 0 Å². The summed E-state index contributed by atoms with van der Waals surface area (Å²) in [7, 11) is 0. The maximum Gasteiger partial charge on any atom is 0.169 e. The van der Waals surface area contributed by atoms with Crippen molar-refractivity contribution in [3.8, 4) is 0 Å². The highest BCUT2D eigenvalue weighted by molar-refractivity contribution is 5.51. The van der Waals surface area contributed by atoms with Crippen LogP contribution >= 0.6 is 0 Å². The Kier molecular flexibility index (Phi) is 6.67. The zero-order chi connectivity index (χ0) is 25.8. The summed E-state index contributed by atoms with van der Waals surface area (Å²) >= 11 is 0. The third-order valence-corrected chi connectivity index (χ3v) is 10.7. The van der Waals surface area contributed by atoms with E-state index in [4.69, 9.17) is 9.47 Å². The van der Waals surface area contributed by atoms with E-state index >= 15 is 0 Å². The molecule has 0 aromatic heterocycles. The smallest absolute Gasteiger partial charge is 0.169 e. The minimum Gasteiger partial charge on any atom is -0.393 e. The Morgan fingerprint density at radius 2 is 1.78 bits per heavy atom. The molecule has 5 nitrogen and oxygen atoms in total. The monoisotopic (exact) mass is 507 g/mol. The SMILES string of the molecule is CC1(C)COC2(CCC3=C4C(c5ccc(CNCC=O)cc5)CC5(C)C(O)CCC5C4CCC3C2)OC1. The first-order valence-corrected chi connectivity index (χ1v) is 14.7. The van der Waals surface area contributed by atoms with E-state index in [1.165, 1.54) is 24.0 Å². The van der Waals surface area contributed by atoms with E-state index in [0.29, 0.717) is 36.8 Å². The summed E-state index contributed by atoms with van der Waals surface area (Å²) in [6.07, 6.45) is 9.33. The normalized spacial score (nSPS) is 38.1. The zero-order valence-electron chi connectivity index (χ0n) is 22.9. The van der Waals surface area contributed by atoms with Gasteiger partial charge in [-0.1, -0.05) is 56.2 Å². The zero-order valence-corrected chi connectivity index (χ0v) is 22.9. The number of allylic oxidation sites excluding steroid dienone is 2. The molecule has 1 aliphatic heterocycles. The maximum atomic E-state index is 11.2. The highest BCUT2D eigenvalue weighted by Crippen LogP contribution is 2.64. The topological polar surface area (TPSA) is 67.8 Å². The van der Waals surface area contributed by atoms with Crippen molar-refractivity contribution in [3.05, 3.63) is 46.5 Å². The van der Waals surface area contributed by atoms with Gasteiger partial charge >= 0.3 is 0 Å². The van der Waals surface area contributed by atoms with E-state index in [-0.39, 0.29) is 16.9 Å². The molecule has 202 valence electrons. The number of hydrogen-bond donors (Lipinski definition) is 2. The van der Waals surface area contributed by atoms with Crippen molar-refractivity contribution in [1.29, 1.82) is 0 Å². The fraction of sp³-hybridized carbons (Fsp3) is 0.719. The van der Waals surface area contributed by atoms with Crippen LogP contribution in [0.3, 0.4) is 0 Å². The van der Waals surface area contributed by atoms with Crippen LogP contribution in [0.2, 0.25) is 0 Å². The van der Waals surface area contributed by atoms with Crippen LogP contribution in [0.25, 0.3) is 0 Å². The van der Waals surface area contributed by atoms with Crippen molar-refractivity contribution < 1.29 is 19.4 Å². The summed E-state index contributed by atoms with van der Waals surface area (Å²) in [5.74, 6) is 1.70. The molecule has 5 heteroatoms. The predicted molar refractivity (Wildman–Crippen MR) is 144 cm³/mol. The molecule has 0 amide bonds. The third kappa shape index (κ3) is 4.54. The van der Waals surface area contributed by atoms with Gasteiger partial charge in [-0.3, -0.25) is 0 Å². The van der Waals surface area contributed by atoms with Gasteiger partial charge in [-0.15, -0.1) is 0 Å². The first-order chi connectivity index (χ1) is 17.7. The minimum absolute atomic E-state index is 0.00647. The summed E-state index contributed by atoms with van der Waals surface area (Å²) in [5, 5.41) is 14.3. The predicted octanol–water partition coefficient (Wildman–Crippen LogP) is 5.52. The Hall–Kier alpha value is -1.53. The number of carbonyl (C=O) groups is 1. The third-order valence-electron chi connectivity index (χ3n) is 10.7. The Balaban J connectivity index is 1.32. The van der Waals surface area contributed by atoms with Gasteiger partial charge in [0.1, 0.15) is 6.29 Å². The Labute approximate surface area is 222 Å². The first-order valence-electron chi connectivity index (χ1n) is 14.7. The Morgan fingerprint density at radius 1 is 1.03 bits per heavy atom. The van der Waals surface area contributed by atoms with Crippen LogP contribution in [0.15, 0.2) is 35.4 Å². The van der Waals surface area contributed by atoms with Gasteiger partial charge in [-0.2, -0.15) is 0 Å². The van der Waals surface area contributed by atoms with E-state index < -0.39 is 5.79 Å². The second-order valence-corrected chi connectivity index (χ2v) is 13.7. The molecule has 1 aromatic carbocycles. The second-order valence-electron chi connectivity index (χ2n) is 13.7. The van der Waals surface area contributed by atoms with Crippen LogP contribution in [-0.4, -0.2) is 43.0 Å². The summed E-state index contributed by atoms with van der Waals surface area (Å²) in [4.78, 5) is 10.7. The van der Waals surface area contributed by atoms with Crippen molar-refractivity contribution in [2.75, 3.05) is 19.8 Å². The lowest BCUT2D eigenvalue weighted by Gasteiger charge is -2.55. The molecular formula is C32H45NO4. The minimum atomic E-state index is -0.393. The number of ether oxygens (including phenoxy) is 2. The molecule has 4 fully saturated rings. The standard InChI is InChI=1S/C32H45NO4/c1-30(2)19-36-32(37-20-30)13-12-24-23(16-32)8-9-25-27-10-11-28(35)31(27,3)17-26(29(24)25)22-6-4-21(5-7-22)18-33-14-15-34/h4-7,15,23,25-28,33,35H,8-14,16-20H2,1-3H3. The Bertz CT molecular complexity index is 1040. The quantitative estimate of drug-likeness (QED) is 0.312. The molecule has 5 aliphatic rings. The number of nitrogens with one attached hydrogen (secondary N) is 1. The molecular weight excluding hydrogens is 462 g/mol. The number of fused-ring (bicyclic) bond motifs is 4. The average Bonchev–Trinajstić information content (AvgIpc) is 3.20. The van der Waals surface area contributed by atoms with Crippen LogP contribution in [0.4, 0.5) is 0 Å². The molecule has 6 unspecified atom stereocenters. The van der Waals surface area contributed by atoms with Gasteiger partial charge in [0.2, 0.25) is 0 Å². The lowest BCUT2D eigenvalue weighted by molar-refractivity contribution is -0.312. The molecule has 6 atom stereocenters. The lowest BCUT2D eigenvalue weighted by atomic mass is 9.52. The van der Waals surface area contributed by atoms with Crippen LogP contribution in [0, 0.1) is 28.6 Å². The van der Waals surface area contributed by atoms with Gasteiger partial charge in [0.05, 0.1) is 25.9 Å². The number of benzene rings is 1. The van der Waals surface area contributed by atoms with E-state index in [9.17, 15) is 9.90 Å². The van der Waals surface area contributed by atoms with Crippen molar-refractivity contribution >= 4 is 6.29 Å². The number of aliphatic hydroxyl groups is 1. The van der Waals surface area contributed by atoms with Crippen molar-refractivity contribution in [3.63, 3.8) is 0 Å². The largest absolute Gasteiger partial charge is 0.393 e. The molecule has 4 aliphatic carbocycles. The highest BCUT2D eigenvalue weighted by atomic mass is 16.7. The molecule has 37 heavy (non-hydrogen) atoms. The van der Waals surface area contributed by atoms with Crippen molar-refractivity contribution in [2.24, 2.45) is 28.6 Å². The molecule has 3 saturated carbocycles. The number of rotatable bonds is 5. The van der Waals surface area contributed by atoms with E-state index in [2.05, 4.69) is 50.4 Å². The van der Waals surface area contributed by atoms with E-state index in [1.54, 1.807) is 11.1 Å². The number of hydrogen-bond acceptors (Lipinski definition) is 5. The first kappa shape index (κ1) is 25.7. The molecule has 1 heterocycles. The summed E-state index contributed by atoms with van der Waals surface area (Å²) in [6.45, 7) is 9.48. The fourth-order valence-electron chi connectivity index (χ4n) is 8.64. The van der Waals surface area contributed by atoms with Gasteiger partial charge in [0, 0.05) is 30.7 Å². The van der Waals surface area contributed by atoms with Gasteiger partial charge in [0.15, 0.2) is 5.79 Å². The molecule has 0 bridgehead atoms. The van der Waals surface area contributed by atoms with Crippen molar-refractivity contribution in [1.82, 2.24) is 5.32 Å². The van der Waals surface area contributed by atoms with Crippen LogP contribution < -0.4 is 5.32 Å². The molecule has 1 spiro atoms. The molecule has 1 aromatic rings. The summed E-state index contributed by atoms with van der Waals surface area (Å²) < 4.78 is 12.9. The Morgan fingerprint density at radius 3 is 2.51 bits per heavy atom. The lowest BCUT2D eigenvalue weighted by Crippen LogP contribution is -2.52. The fourth-order valence-corrected chi connectivity index (χ4v) is 8.64. The number of aldehydes is 1. The van der Waals surface area contributed by atoms with Gasteiger partial charge in [0.25, 0.3) is 0 Å². The number of carbonyl (C=O) groups excluding carboxylic acids is 1. The van der Waals surface area contributed by atoms with Gasteiger partial charge in [-0.25, -0.2) is 0 Å². The average molecular weight is 508 g/mol. The number of aliphatic hydroxyl groups excluding tert-OH is 1. The maximum absolute atomic E-state index is 11.2. The second kappa shape index (κ2) is 9.59. The summed E-state index contributed by atoms with van der Waals surface area (Å²) in [6, 6.07) is 9.05. The molecule has 2 N–H and O–H groups in total. The van der Waals surface area contributed by atoms with Crippen molar-refractivity contribution in [2.45, 2.75) is 96.5 Å². The van der Waals surface area contributed by atoms with E-state index in [0.717, 1.165) is 58.0 Å². The summed E-state index contributed by atoms with van der Waals surface area (Å²) in [5.41, 5.74) is 6.09.